The maximum atomic E-state index is 11.8. The quantitative estimate of drug-likeness (QED) is 0.575. The second-order valence-electron chi connectivity index (χ2n) is 2.77. The Bertz CT molecular complexity index is 251. The second-order valence-corrected chi connectivity index (χ2v) is 2.77. The fourth-order valence-corrected chi connectivity index (χ4v) is 1.08. The highest BCUT2D eigenvalue weighted by atomic mass is 19.4. The smallest absolute Gasteiger partial charge is 0.326 e. The minimum Gasteiger partial charge on any atom is -0.326 e. The van der Waals surface area contributed by atoms with Crippen molar-refractivity contribution in [1.82, 2.24) is 4.90 Å². The van der Waals surface area contributed by atoms with Crippen LogP contribution in [0, 0.1) is 0 Å². The Kier molecular flexibility index (Phi) is 2.29. The van der Waals surface area contributed by atoms with Crippen LogP contribution in [0.4, 0.5) is 13.2 Å². The lowest BCUT2D eigenvalue weighted by molar-refractivity contribution is -0.186. The van der Waals surface area contributed by atoms with Crippen molar-refractivity contribution in [1.29, 1.82) is 0 Å². The summed E-state index contributed by atoms with van der Waals surface area (Å²) in [5.41, 5.74) is 5.21. The van der Waals surface area contributed by atoms with Crippen molar-refractivity contribution in [2.24, 2.45) is 5.73 Å². The maximum absolute atomic E-state index is 11.8. The summed E-state index contributed by atoms with van der Waals surface area (Å²) in [6, 6.07) is -0.682. The topological polar surface area (TPSA) is 63.4 Å². The molecule has 0 aliphatic carbocycles. The van der Waals surface area contributed by atoms with Crippen molar-refractivity contribution in [2.75, 3.05) is 6.54 Å². The Hall–Kier alpha value is -1.11. The van der Waals surface area contributed by atoms with Gasteiger partial charge in [0, 0.05) is 19.0 Å². The Morgan fingerprint density at radius 2 is 2.08 bits per heavy atom. The van der Waals surface area contributed by atoms with Gasteiger partial charge in [-0.3, -0.25) is 14.5 Å². The molecule has 0 aromatic carbocycles. The van der Waals surface area contributed by atoms with E-state index in [1.165, 1.54) is 0 Å². The third kappa shape index (κ3) is 1.97. The molecule has 1 aliphatic heterocycles. The van der Waals surface area contributed by atoms with E-state index in [-0.39, 0.29) is 17.9 Å². The number of hydrogen-bond acceptors (Lipinski definition) is 3. The lowest BCUT2D eigenvalue weighted by atomic mass is 10.3. The summed E-state index contributed by atoms with van der Waals surface area (Å²) in [6.45, 7) is -0.350. The molecule has 1 rings (SSSR count). The number of rotatable bonds is 0. The molecule has 13 heavy (non-hydrogen) atoms. The number of halogens is 3. The van der Waals surface area contributed by atoms with Gasteiger partial charge in [0.2, 0.25) is 5.91 Å². The second kappa shape index (κ2) is 2.99. The molecule has 1 saturated heterocycles. The highest BCUT2D eigenvalue weighted by molar-refractivity contribution is 5.99. The predicted molar refractivity (Wildman–Crippen MR) is 35.4 cm³/mol. The standard InChI is InChI=1S/C6H7F3N2O2/c7-6(8,9)5(13)11-2-3(10)1-4(11)12/h3H,1-2,10H2. The highest BCUT2D eigenvalue weighted by Crippen LogP contribution is 2.21. The predicted octanol–water partition coefficient (Wildman–Crippen LogP) is -0.365. The molecule has 0 bridgehead atoms. The fraction of sp³-hybridized carbons (Fsp3) is 0.667. The van der Waals surface area contributed by atoms with Gasteiger partial charge < -0.3 is 5.73 Å². The molecule has 1 aliphatic rings. The van der Waals surface area contributed by atoms with E-state index in [1.807, 2.05) is 0 Å². The van der Waals surface area contributed by atoms with Crippen molar-refractivity contribution >= 4 is 11.8 Å². The summed E-state index contributed by atoms with van der Waals surface area (Å²) in [4.78, 5) is 21.5. The molecule has 1 fully saturated rings. The summed E-state index contributed by atoms with van der Waals surface area (Å²) in [7, 11) is 0. The van der Waals surface area contributed by atoms with Gasteiger partial charge in [-0.25, -0.2) is 0 Å². The molecule has 0 spiro atoms. The van der Waals surface area contributed by atoms with E-state index in [2.05, 4.69) is 0 Å². The Morgan fingerprint density at radius 3 is 2.38 bits per heavy atom. The number of nitrogens with zero attached hydrogens (tertiary/aromatic N) is 1. The number of carbonyl (C=O) groups is 2. The number of nitrogens with two attached hydrogens (primary N) is 1. The van der Waals surface area contributed by atoms with Crippen LogP contribution < -0.4 is 5.73 Å². The van der Waals surface area contributed by atoms with Crippen LogP contribution in [-0.4, -0.2) is 35.5 Å². The number of imide groups is 1. The monoisotopic (exact) mass is 196 g/mol. The van der Waals surface area contributed by atoms with Gasteiger partial charge in [-0.2, -0.15) is 13.2 Å². The van der Waals surface area contributed by atoms with Gasteiger partial charge in [0.05, 0.1) is 0 Å². The van der Waals surface area contributed by atoms with Crippen LogP contribution >= 0.6 is 0 Å². The number of likely N-dealkylation sites (tertiary alicyclic amines) is 1. The Morgan fingerprint density at radius 1 is 1.54 bits per heavy atom. The van der Waals surface area contributed by atoms with Gasteiger partial charge in [-0.05, 0) is 0 Å². The summed E-state index contributed by atoms with van der Waals surface area (Å²) in [5, 5.41) is 0. The molecule has 74 valence electrons. The zero-order valence-corrected chi connectivity index (χ0v) is 6.47. The zero-order chi connectivity index (χ0) is 10.2. The molecule has 0 saturated carbocycles. The van der Waals surface area contributed by atoms with Crippen LogP contribution in [0.2, 0.25) is 0 Å². The molecule has 2 N–H and O–H groups in total. The normalized spacial score (nSPS) is 23.8. The Labute approximate surface area is 71.5 Å². The molecule has 0 radical (unpaired) electrons. The highest BCUT2D eigenvalue weighted by Gasteiger charge is 2.47. The van der Waals surface area contributed by atoms with E-state index >= 15 is 0 Å². The molecule has 1 atom stereocenters. The van der Waals surface area contributed by atoms with E-state index < -0.39 is 24.0 Å². The first-order chi connectivity index (χ1) is 5.82. The van der Waals surface area contributed by atoms with Crippen LogP contribution in [0.1, 0.15) is 6.42 Å². The van der Waals surface area contributed by atoms with Crippen molar-refractivity contribution in [3.63, 3.8) is 0 Å². The van der Waals surface area contributed by atoms with Gasteiger partial charge in [0.25, 0.3) is 0 Å². The van der Waals surface area contributed by atoms with Gasteiger partial charge >= 0.3 is 12.1 Å². The van der Waals surface area contributed by atoms with Crippen LogP contribution in [0.15, 0.2) is 0 Å². The molecular formula is C6H7F3N2O2. The van der Waals surface area contributed by atoms with E-state index in [0.29, 0.717) is 0 Å². The van der Waals surface area contributed by atoms with Gasteiger partial charge in [0.1, 0.15) is 0 Å². The fourth-order valence-electron chi connectivity index (χ4n) is 1.08. The minimum absolute atomic E-state index is 0.144. The summed E-state index contributed by atoms with van der Waals surface area (Å²) < 4.78 is 35.5. The molecule has 1 heterocycles. The molecule has 4 nitrogen and oxygen atoms in total. The van der Waals surface area contributed by atoms with Crippen LogP contribution in [0.5, 0.6) is 0 Å². The van der Waals surface area contributed by atoms with Crippen LogP contribution in [-0.2, 0) is 9.59 Å². The van der Waals surface area contributed by atoms with E-state index in [1.54, 1.807) is 0 Å². The first-order valence-corrected chi connectivity index (χ1v) is 3.49. The Balaban J connectivity index is 2.74. The van der Waals surface area contributed by atoms with Crippen molar-refractivity contribution in [3.8, 4) is 0 Å². The van der Waals surface area contributed by atoms with E-state index in [4.69, 9.17) is 5.73 Å². The summed E-state index contributed by atoms with van der Waals surface area (Å²) in [6.07, 6.45) is -5.21. The van der Waals surface area contributed by atoms with Gasteiger partial charge in [-0.1, -0.05) is 0 Å². The molecule has 1 unspecified atom stereocenters. The van der Waals surface area contributed by atoms with Crippen LogP contribution in [0.25, 0.3) is 0 Å². The van der Waals surface area contributed by atoms with Crippen molar-refractivity contribution in [3.05, 3.63) is 0 Å². The minimum atomic E-state index is -5.00. The molecule has 7 heteroatoms. The zero-order valence-electron chi connectivity index (χ0n) is 6.47. The van der Waals surface area contributed by atoms with Crippen molar-refractivity contribution < 1.29 is 22.8 Å². The van der Waals surface area contributed by atoms with Crippen molar-refractivity contribution in [2.45, 2.75) is 18.6 Å². The maximum Gasteiger partial charge on any atom is 0.471 e. The largest absolute Gasteiger partial charge is 0.471 e. The van der Waals surface area contributed by atoms with Gasteiger partial charge in [-0.15, -0.1) is 0 Å². The number of carbonyl (C=O) groups excluding carboxylic acids is 2. The lowest BCUT2D eigenvalue weighted by Crippen LogP contribution is -2.42. The average molecular weight is 196 g/mol. The summed E-state index contributed by atoms with van der Waals surface area (Å²) in [5.74, 6) is -3.00. The average Bonchev–Trinajstić information content (AvgIpc) is 2.26. The molecule has 2 amide bonds. The summed E-state index contributed by atoms with van der Waals surface area (Å²) >= 11 is 0. The molecular weight excluding hydrogens is 189 g/mol. The third-order valence-corrected chi connectivity index (χ3v) is 1.64. The third-order valence-electron chi connectivity index (χ3n) is 1.64. The SMILES string of the molecule is NC1CC(=O)N(C(=O)C(F)(F)F)C1. The van der Waals surface area contributed by atoms with Crippen LogP contribution in [0.3, 0.4) is 0 Å². The molecule has 0 aromatic heterocycles. The number of hydrogen-bond donors (Lipinski definition) is 1. The first kappa shape index (κ1) is 9.97. The lowest BCUT2D eigenvalue weighted by Gasteiger charge is -2.15. The number of amides is 2. The number of alkyl halides is 3. The van der Waals surface area contributed by atoms with Gasteiger partial charge in [0.15, 0.2) is 0 Å². The first-order valence-electron chi connectivity index (χ1n) is 3.49. The molecule has 0 aromatic rings. The van der Waals surface area contributed by atoms with E-state index in [0.717, 1.165) is 0 Å². The van der Waals surface area contributed by atoms with E-state index in [9.17, 15) is 22.8 Å².